The van der Waals surface area contributed by atoms with Gasteiger partial charge in [0.2, 0.25) is 0 Å². The van der Waals surface area contributed by atoms with E-state index in [4.69, 9.17) is 10.2 Å². The number of hydrogen-bond acceptors (Lipinski definition) is 2. The molecule has 0 amide bonds. The van der Waals surface area contributed by atoms with Gasteiger partial charge in [0.1, 0.15) is 0 Å². The van der Waals surface area contributed by atoms with Crippen LogP contribution in [0.5, 0.6) is 0 Å². The van der Waals surface area contributed by atoms with E-state index in [-0.39, 0.29) is 25.8 Å². The third-order valence-electron chi connectivity index (χ3n) is 0. The molecule has 0 spiro atoms. The van der Waals surface area contributed by atoms with Gasteiger partial charge in [-0.2, -0.15) is 0 Å². The Labute approximate surface area is 50.6 Å². The summed E-state index contributed by atoms with van der Waals surface area (Å²) >= 11 is 0. The van der Waals surface area contributed by atoms with Crippen LogP contribution >= 0.6 is 0 Å². The van der Waals surface area contributed by atoms with Crippen LogP contribution in [0.15, 0.2) is 0 Å². The van der Waals surface area contributed by atoms with Crippen molar-refractivity contribution in [2.75, 3.05) is 14.2 Å². The van der Waals surface area contributed by atoms with Gasteiger partial charge in [0.05, 0.1) is 0 Å². The third kappa shape index (κ3) is 59.7. The summed E-state index contributed by atoms with van der Waals surface area (Å²) in [5.41, 5.74) is 0. The Balaban J connectivity index is -0.0000000133. The van der Waals surface area contributed by atoms with Gasteiger partial charge in [0.15, 0.2) is 0 Å². The second kappa shape index (κ2) is 110. The molecule has 0 fully saturated rings. The van der Waals surface area contributed by atoms with E-state index in [1.165, 1.54) is 0 Å². The summed E-state index contributed by atoms with van der Waals surface area (Å²) in [6.07, 6.45) is 0. The molecule has 3 heteroatoms. The fraction of sp³-hybridized carbons (Fsp3) is 1.00. The quantitative estimate of drug-likeness (QED) is 0.547. The van der Waals surface area contributed by atoms with Crippen LogP contribution in [0, 0.1) is 0 Å². The molecule has 0 aromatic rings. The number of aliphatic hydroxyl groups excluding tert-OH is 2. The van der Waals surface area contributed by atoms with E-state index >= 15 is 0 Å². The normalized spacial score (nSPS) is 2.40. The van der Waals surface area contributed by atoms with Crippen LogP contribution in [0.25, 0.3) is 0 Å². The maximum absolute atomic E-state index is 7.00. The summed E-state index contributed by atoms with van der Waals surface area (Å²) in [6.45, 7) is 0. The van der Waals surface area contributed by atoms with E-state index in [2.05, 4.69) is 0 Å². The van der Waals surface area contributed by atoms with Crippen LogP contribution in [0.4, 0.5) is 0 Å². The minimum Gasteiger partial charge on any atom is -0.400 e. The first-order chi connectivity index (χ1) is 2.00. The summed E-state index contributed by atoms with van der Waals surface area (Å²) in [7, 11) is 2.00. The molecular weight excluding hydrogens is 235 g/mol. The number of aliphatic hydroxyl groups is 2. The molecule has 0 atom stereocenters. The Bertz CT molecular complexity index is 7.61. The SMILES string of the molecule is CO.CO.[Hf]. The van der Waals surface area contributed by atoms with Gasteiger partial charge in [0, 0.05) is 40.1 Å². The summed E-state index contributed by atoms with van der Waals surface area (Å²) in [5, 5.41) is 14.0. The first-order valence-electron chi connectivity index (χ1n) is 0.894. The third-order valence-corrected chi connectivity index (χ3v) is 0. The Morgan fingerprint density at radius 2 is 0.800 bits per heavy atom. The molecule has 0 aliphatic rings. The zero-order valence-electron chi connectivity index (χ0n) is 3.39. The van der Waals surface area contributed by atoms with Gasteiger partial charge in [-0.15, -0.1) is 0 Å². The van der Waals surface area contributed by atoms with Gasteiger partial charge in [0.25, 0.3) is 0 Å². The summed E-state index contributed by atoms with van der Waals surface area (Å²) in [4.78, 5) is 0. The largest absolute Gasteiger partial charge is 0.400 e. The van der Waals surface area contributed by atoms with E-state index in [1.54, 1.807) is 0 Å². The molecule has 0 unspecified atom stereocenters. The Morgan fingerprint density at radius 1 is 0.800 bits per heavy atom. The predicted octanol–water partition coefficient (Wildman–Crippen LogP) is -0.786. The minimum absolute atomic E-state index is 0. The van der Waals surface area contributed by atoms with Crippen molar-refractivity contribution >= 4 is 0 Å². The second-order valence-electron chi connectivity index (χ2n) is 0. The molecule has 5 heavy (non-hydrogen) atoms. The second-order valence-corrected chi connectivity index (χ2v) is 0. The van der Waals surface area contributed by atoms with Crippen LogP contribution in [0.1, 0.15) is 0 Å². The summed E-state index contributed by atoms with van der Waals surface area (Å²) < 4.78 is 0. The van der Waals surface area contributed by atoms with Crippen molar-refractivity contribution in [1.29, 1.82) is 0 Å². The molecule has 0 aromatic heterocycles. The van der Waals surface area contributed by atoms with E-state index in [0.717, 1.165) is 14.2 Å². The Morgan fingerprint density at radius 3 is 0.800 bits per heavy atom. The zero-order valence-corrected chi connectivity index (χ0v) is 6.99. The molecule has 0 saturated heterocycles. The van der Waals surface area contributed by atoms with Crippen LogP contribution in [0.2, 0.25) is 0 Å². The molecule has 32 valence electrons. The van der Waals surface area contributed by atoms with Gasteiger partial charge >= 0.3 is 0 Å². The van der Waals surface area contributed by atoms with E-state index in [0.29, 0.717) is 0 Å². The zero-order chi connectivity index (χ0) is 4.00. The molecule has 0 saturated carbocycles. The average Bonchev–Trinajstić information content (AvgIpc) is 1.50. The Hall–Kier alpha value is 0.790. The molecular formula is C2H8HfO2. The first-order valence-corrected chi connectivity index (χ1v) is 0.894. The topological polar surface area (TPSA) is 40.5 Å². The monoisotopic (exact) mass is 244 g/mol. The fourth-order valence-corrected chi connectivity index (χ4v) is 0. The predicted molar refractivity (Wildman–Crippen MR) is 16.3 cm³/mol. The van der Waals surface area contributed by atoms with Crippen LogP contribution in [-0.2, 0) is 25.8 Å². The van der Waals surface area contributed by atoms with E-state index in [9.17, 15) is 0 Å². The molecule has 0 bridgehead atoms. The van der Waals surface area contributed by atoms with Crippen molar-refractivity contribution in [3.63, 3.8) is 0 Å². The first kappa shape index (κ1) is 17.1. The van der Waals surface area contributed by atoms with Crippen LogP contribution < -0.4 is 0 Å². The summed E-state index contributed by atoms with van der Waals surface area (Å²) in [5.74, 6) is 0. The molecule has 0 heterocycles. The maximum atomic E-state index is 7.00. The standard InChI is InChI=1S/2CH4O.Hf/c2*1-2;/h2*2H,1H3;. The van der Waals surface area contributed by atoms with Crippen molar-refractivity contribution < 1.29 is 36.1 Å². The molecule has 0 aromatic carbocycles. The molecule has 0 aliphatic carbocycles. The van der Waals surface area contributed by atoms with Gasteiger partial charge in [-0.3, -0.25) is 0 Å². The van der Waals surface area contributed by atoms with Gasteiger partial charge in [-0.1, -0.05) is 0 Å². The molecule has 0 rings (SSSR count). The smallest absolute Gasteiger partial charge is 0.0319 e. The van der Waals surface area contributed by atoms with Gasteiger partial charge in [-0.25, -0.2) is 0 Å². The fourth-order valence-electron chi connectivity index (χ4n) is 0. The number of hydrogen-bond donors (Lipinski definition) is 2. The van der Waals surface area contributed by atoms with Gasteiger partial charge < -0.3 is 10.2 Å². The van der Waals surface area contributed by atoms with Gasteiger partial charge in [-0.05, 0) is 0 Å². The summed E-state index contributed by atoms with van der Waals surface area (Å²) in [6, 6.07) is 0. The van der Waals surface area contributed by atoms with Crippen molar-refractivity contribution in [2.24, 2.45) is 0 Å². The molecule has 0 aliphatic heterocycles. The molecule has 0 radical (unpaired) electrons. The van der Waals surface area contributed by atoms with Crippen molar-refractivity contribution in [3.8, 4) is 0 Å². The van der Waals surface area contributed by atoms with Crippen molar-refractivity contribution in [3.05, 3.63) is 0 Å². The molecule has 2 N–H and O–H groups in total. The Kier molecular flexibility index (Phi) is 376. The minimum atomic E-state index is 0. The van der Waals surface area contributed by atoms with Crippen LogP contribution in [-0.4, -0.2) is 24.4 Å². The average molecular weight is 243 g/mol. The van der Waals surface area contributed by atoms with Crippen molar-refractivity contribution in [2.45, 2.75) is 0 Å². The maximum Gasteiger partial charge on any atom is 0.0319 e. The number of rotatable bonds is 0. The van der Waals surface area contributed by atoms with E-state index in [1.807, 2.05) is 0 Å². The van der Waals surface area contributed by atoms with Crippen molar-refractivity contribution in [1.82, 2.24) is 0 Å². The molecule has 2 nitrogen and oxygen atoms in total. The van der Waals surface area contributed by atoms with E-state index < -0.39 is 0 Å². The van der Waals surface area contributed by atoms with Crippen LogP contribution in [0.3, 0.4) is 0 Å².